The molecule has 0 N–H and O–H groups in total. The maximum Gasteiger partial charge on any atom is 0.361 e. The van der Waals surface area contributed by atoms with Gasteiger partial charge < -0.3 is 14.2 Å². The first-order valence-electron chi connectivity index (χ1n) is 7.57. The van der Waals surface area contributed by atoms with E-state index in [2.05, 4.69) is 10.3 Å². The van der Waals surface area contributed by atoms with E-state index in [4.69, 9.17) is 14.2 Å². The van der Waals surface area contributed by atoms with E-state index in [1.807, 2.05) is 0 Å². The number of nitro groups is 1. The first-order chi connectivity index (χ1) is 12.4. The van der Waals surface area contributed by atoms with Gasteiger partial charge in [0.2, 0.25) is 5.69 Å². The van der Waals surface area contributed by atoms with Crippen molar-refractivity contribution in [2.75, 3.05) is 20.3 Å². The molecule has 2 aromatic rings. The lowest BCUT2D eigenvalue weighted by Gasteiger charge is -2.08. The van der Waals surface area contributed by atoms with E-state index in [9.17, 15) is 19.7 Å². The van der Waals surface area contributed by atoms with Crippen molar-refractivity contribution in [3.05, 3.63) is 39.7 Å². The van der Waals surface area contributed by atoms with Gasteiger partial charge in [-0.3, -0.25) is 10.1 Å². The summed E-state index contributed by atoms with van der Waals surface area (Å²) in [7, 11) is 1.36. The zero-order valence-corrected chi connectivity index (χ0v) is 14.3. The van der Waals surface area contributed by atoms with E-state index in [1.165, 1.54) is 19.2 Å². The van der Waals surface area contributed by atoms with Crippen LogP contribution in [0.25, 0.3) is 5.69 Å². The van der Waals surface area contributed by atoms with Crippen LogP contribution in [0, 0.1) is 10.1 Å². The molecule has 11 nitrogen and oxygen atoms in total. The zero-order chi connectivity index (χ0) is 19.3. The lowest BCUT2D eigenvalue weighted by molar-refractivity contribution is -0.384. The number of ether oxygens (including phenoxy) is 3. The molecular weight excluding hydrogens is 348 g/mol. The largest absolute Gasteiger partial charge is 0.496 e. The summed E-state index contributed by atoms with van der Waals surface area (Å²) < 4.78 is 15.6. The van der Waals surface area contributed by atoms with Gasteiger partial charge in [0.15, 0.2) is 5.69 Å². The lowest BCUT2D eigenvalue weighted by Crippen LogP contribution is -2.18. The highest BCUT2D eigenvalue weighted by Crippen LogP contribution is 2.29. The van der Waals surface area contributed by atoms with Gasteiger partial charge in [0, 0.05) is 0 Å². The van der Waals surface area contributed by atoms with Crippen molar-refractivity contribution in [1.29, 1.82) is 0 Å². The maximum absolute atomic E-state index is 12.3. The second-order valence-electron chi connectivity index (χ2n) is 4.75. The molecule has 26 heavy (non-hydrogen) atoms. The molecule has 0 saturated carbocycles. The second-order valence-corrected chi connectivity index (χ2v) is 4.75. The minimum absolute atomic E-state index is 0.0248. The standard InChI is InChI=1S/C15H16N4O7/c1-4-25-14(20)12-13(15(21)26-5-2)18(17-16-12)10-7-6-9(24-3)8-11(10)19(22)23/h6-8H,4-5H2,1-3H3. The lowest BCUT2D eigenvalue weighted by atomic mass is 10.2. The smallest absolute Gasteiger partial charge is 0.361 e. The monoisotopic (exact) mass is 364 g/mol. The van der Waals surface area contributed by atoms with E-state index in [0.717, 1.165) is 10.7 Å². The van der Waals surface area contributed by atoms with Gasteiger partial charge in [-0.2, -0.15) is 4.68 Å². The summed E-state index contributed by atoms with van der Waals surface area (Å²) in [5.41, 5.74) is -1.23. The van der Waals surface area contributed by atoms with E-state index in [-0.39, 0.29) is 30.3 Å². The number of aromatic nitrogens is 3. The van der Waals surface area contributed by atoms with E-state index >= 15 is 0 Å². The van der Waals surface area contributed by atoms with E-state index in [1.54, 1.807) is 13.8 Å². The van der Waals surface area contributed by atoms with Gasteiger partial charge in [-0.05, 0) is 26.0 Å². The van der Waals surface area contributed by atoms with Crippen LogP contribution in [0.15, 0.2) is 18.2 Å². The van der Waals surface area contributed by atoms with Crippen LogP contribution in [0.5, 0.6) is 5.75 Å². The Hall–Kier alpha value is -3.50. The summed E-state index contributed by atoms with van der Waals surface area (Å²) in [6, 6.07) is 3.93. The first-order valence-corrected chi connectivity index (χ1v) is 7.57. The van der Waals surface area contributed by atoms with Gasteiger partial charge in [-0.25, -0.2) is 9.59 Å². The number of methoxy groups -OCH3 is 1. The first kappa shape index (κ1) is 18.8. The number of hydrogen-bond acceptors (Lipinski definition) is 9. The summed E-state index contributed by atoms with van der Waals surface area (Å²) in [6.07, 6.45) is 0. The molecule has 0 aliphatic carbocycles. The van der Waals surface area contributed by atoms with Crippen LogP contribution in [0.2, 0.25) is 0 Å². The molecular formula is C15H16N4O7. The summed E-state index contributed by atoms with van der Waals surface area (Å²) in [5.74, 6) is -1.56. The van der Waals surface area contributed by atoms with Crippen LogP contribution in [0.3, 0.4) is 0 Å². The van der Waals surface area contributed by atoms with Crippen LogP contribution in [-0.4, -0.2) is 52.2 Å². The van der Waals surface area contributed by atoms with E-state index < -0.39 is 28.2 Å². The molecule has 0 amide bonds. The van der Waals surface area contributed by atoms with Crippen molar-refractivity contribution in [3.63, 3.8) is 0 Å². The molecule has 0 saturated heterocycles. The third-order valence-corrected chi connectivity index (χ3v) is 3.22. The number of nitrogens with zero attached hydrogens (tertiary/aromatic N) is 4. The summed E-state index contributed by atoms with van der Waals surface area (Å²) in [5, 5.41) is 18.7. The maximum atomic E-state index is 12.3. The molecule has 0 atom stereocenters. The van der Waals surface area contributed by atoms with Crippen LogP contribution < -0.4 is 4.74 Å². The topological polar surface area (TPSA) is 136 Å². The molecule has 11 heteroatoms. The van der Waals surface area contributed by atoms with E-state index in [0.29, 0.717) is 0 Å². The molecule has 0 radical (unpaired) electrons. The number of carbonyl (C=O) groups excluding carboxylic acids is 2. The van der Waals surface area contributed by atoms with Gasteiger partial charge >= 0.3 is 11.9 Å². The molecule has 0 aliphatic heterocycles. The third kappa shape index (κ3) is 3.61. The Morgan fingerprint density at radius 1 is 1.19 bits per heavy atom. The second kappa shape index (κ2) is 8.05. The van der Waals surface area contributed by atoms with Gasteiger partial charge in [-0.1, -0.05) is 5.21 Å². The summed E-state index contributed by atoms with van der Waals surface area (Å²) in [6.45, 7) is 3.24. The van der Waals surface area contributed by atoms with Crippen molar-refractivity contribution in [1.82, 2.24) is 15.0 Å². The fraction of sp³-hybridized carbons (Fsp3) is 0.333. The zero-order valence-electron chi connectivity index (χ0n) is 14.3. The van der Waals surface area contributed by atoms with Crippen molar-refractivity contribution >= 4 is 17.6 Å². The van der Waals surface area contributed by atoms with Crippen molar-refractivity contribution < 1.29 is 28.7 Å². The van der Waals surface area contributed by atoms with Crippen molar-refractivity contribution in [2.24, 2.45) is 0 Å². The van der Waals surface area contributed by atoms with Crippen LogP contribution in [0.1, 0.15) is 34.8 Å². The van der Waals surface area contributed by atoms with Crippen molar-refractivity contribution in [3.8, 4) is 11.4 Å². The number of hydrogen-bond donors (Lipinski definition) is 0. The van der Waals surface area contributed by atoms with Gasteiger partial charge in [-0.15, -0.1) is 5.10 Å². The van der Waals surface area contributed by atoms with Gasteiger partial charge in [0.1, 0.15) is 11.4 Å². The number of benzene rings is 1. The number of rotatable bonds is 7. The highest BCUT2D eigenvalue weighted by Gasteiger charge is 2.31. The molecule has 1 aromatic heterocycles. The normalized spacial score (nSPS) is 10.3. The number of nitro benzene ring substituents is 1. The average Bonchev–Trinajstić information content (AvgIpc) is 3.06. The highest BCUT2D eigenvalue weighted by molar-refractivity contribution is 6.01. The molecule has 1 aromatic carbocycles. The van der Waals surface area contributed by atoms with Crippen LogP contribution in [0.4, 0.5) is 5.69 Å². The Labute approximate surface area is 147 Å². The molecule has 138 valence electrons. The number of esters is 2. The Bertz CT molecular complexity index is 847. The SMILES string of the molecule is CCOC(=O)c1nnn(-c2ccc(OC)cc2[N+](=O)[O-])c1C(=O)OCC. The quantitative estimate of drug-likeness (QED) is 0.407. The summed E-state index contributed by atoms with van der Waals surface area (Å²) in [4.78, 5) is 35.1. The minimum Gasteiger partial charge on any atom is -0.496 e. The molecule has 0 fully saturated rings. The molecule has 0 unspecified atom stereocenters. The molecule has 0 spiro atoms. The molecule has 1 heterocycles. The minimum atomic E-state index is -0.911. The fourth-order valence-electron chi connectivity index (χ4n) is 2.13. The third-order valence-electron chi connectivity index (χ3n) is 3.22. The Kier molecular flexibility index (Phi) is 5.83. The summed E-state index contributed by atoms with van der Waals surface area (Å²) >= 11 is 0. The highest BCUT2D eigenvalue weighted by atomic mass is 16.6. The Morgan fingerprint density at radius 2 is 1.85 bits per heavy atom. The van der Waals surface area contributed by atoms with Gasteiger partial charge in [0.05, 0.1) is 31.3 Å². The Morgan fingerprint density at radius 3 is 2.42 bits per heavy atom. The molecule has 0 bridgehead atoms. The predicted octanol–water partition coefficient (Wildman–Crippen LogP) is 1.54. The fourth-order valence-corrected chi connectivity index (χ4v) is 2.13. The Balaban J connectivity index is 2.68. The molecule has 0 aliphatic rings. The van der Waals surface area contributed by atoms with Crippen molar-refractivity contribution in [2.45, 2.75) is 13.8 Å². The van der Waals surface area contributed by atoms with Gasteiger partial charge in [0.25, 0.3) is 5.69 Å². The van der Waals surface area contributed by atoms with Crippen LogP contribution >= 0.6 is 0 Å². The molecule has 2 rings (SSSR count). The average molecular weight is 364 g/mol. The van der Waals surface area contributed by atoms with Crippen LogP contribution in [-0.2, 0) is 9.47 Å². The number of carbonyl (C=O) groups is 2. The predicted molar refractivity (Wildman–Crippen MR) is 86.5 cm³/mol.